The van der Waals surface area contributed by atoms with Gasteiger partial charge in [0.15, 0.2) is 0 Å². The zero-order valence-corrected chi connectivity index (χ0v) is 9.46. The van der Waals surface area contributed by atoms with Crippen molar-refractivity contribution in [3.05, 3.63) is 0 Å². The Morgan fingerprint density at radius 2 is 2.50 bits per heavy atom. The number of aromatic nitrogens is 3. The van der Waals surface area contributed by atoms with Crippen LogP contribution < -0.4 is 10.1 Å². The number of H-pyrrole nitrogens is 1. The summed E-state index contributed by atoms with van der Waals surface area (Å²) in [5, 5.41) is 8.76. The number of nitrogens with zero attached hydrogens (tertiary/aromatic N) is 2. The van der Waals surface area contributed by atoms with Crippen molar-refractivity contribution < 1.29 is 9.53 Å². The van der Waals surface area contributed by atoms with Crippen LogP contribution in [0.25, 0.3) is 0 Å². The molecule has 0 saturated carbocycles. The molecule has 14 heavy (non-hydrogen) atoms. The lowest BCUT2D eigenvalue weighted by atomic mass is 10.3. The second-order valence-corrected chi connectivity index (χ2v) is 3.64. The van der Waals surface area contributed by atoms with Crippen LogP contribution in [0, 0.1) is 0 Å². The van der Waals surface area contributed by atoms with Gasteiger partial charge in [0.05, 0.1) is 11.9 Å². The van der Waals surface area contributed by atoms with Crippen molar-refractivity contribution in [1.82, 2.24) is 15.2 Å². The van der Waals surface area contributed by atoms with E-state index in [1.807, 2.05) is 6.92 Å². The Hall–Kier alpha value is -1.11. The number of carbonyl (C=O) groups excluding carboxylic acids is 1. The van der Waals surface area contributed by atoms with Crippen molar-refractivity contribution in [3.8, 4) is 6.01 Å². The first-order chi connectivity index (χ1) is 6.67. The summed E-state index contributed by atoms with van der Waals surface area (Å²) in [4.78, 5) is 15.0. The highest BCUT2D eigenvalue weighted by Crippen LogP contribution is 2.09. The summed E-state index contributed by atoms with van der Waals surface area (Å²) >= 11 is 3.22. The smallest absolute Gasteiger partial charge is 0.336 e. The van der Waals surface area contributed by atoms with Gasteiger partial charge in [-0.25, -0.2) is 5.10 Å². The van der Waals surface area contributed by atoms with Crippen molar-refractivity contribution in [2.75, 3.05) is 12.4 Å². The van der Waals surface area contributed by atoms with Crippen molar-refractivity contribution in [3.63, 3.8) is 0 Å². The zero-order chi connectivity index (χ0) is 10.6. The Morgan fingerprint density at radius 1 is 1.79 bits per heavy atom. The van der Waals surface area contributed by atoms with Gasteiger partial charge in [-0.05, 0) is 6.42 Å². The quantitative estimate of drug-likeness (QED) is 0.792. The maximum absolute atomic E-state index is 11.4. The number of ether oxygens (including phenoxy) is 1. The molecule has 0 aromatic carbocycles. The molecule has 1 rings (SSSR count). The molecule has 0 radical (unpaired) electrons. The molecule has 1 unspecified atom stereocenters. The molecule has 6 nitrogen and oxygen atoms in total. The number of alkyl halides is 1. The van der Waals surface area contributed by atoms with Crippen LogP contribution in [0.4, 0.5) is 5.95 Å². The average Bonchev–Trinajstić information content (AvgIpc) is 2.64. The first kappa shape index (κ1) is 11.0. The number of nitrogens with one attached hydrogen (secondary N) is 2. The van der Waals surface area contributed by atoms with Gasteiger partial charge in [-0.2, -0.15) is 4.98 Å². The predicted octanol–water partition coefficient (Wildman–Crippen LogP) is 0.925. The Labute approximate surface area is 89.6 Å². The van der Waals surface area contributed by atoms with Crippen molar-refractivity contribution in [2.24, 2.45) is 0 Å². The Kier molecular flexibility index (Phi) is 3.87. The summed E-state index contributed by atoms with van der Waals surface area (Å²) in [6, 6.07) is 0.197. The Morgan fingerprint density at radius 3 is 3.00 bits per heavy atom. The Balaban J connectivity index is 2.56. The van der Waals surface area contributed by atoms with Crippen LogP contribution in [-0.2, 0) is 4.79 Å². The van der Waals surface area contributed by atoms with Gasteiger partial charge in [0.25, 0.3) is 0 Å². The molecule has 0 spiro atoms. The molecule has 0 fully saturated rings. The molecule has 0 aliphatic carbocycles. The van der Waals surface area contributed by atoms with Crippen LogP contribution in [0.15, 0.2) is 0 Å². The van der Waals surface area contributed by atoms with Gasteiger partial charge in [-0.15, -0.1) is 5.10 Å². The summed E-state index contributed by atoms with van der Waals surface area (Å²) in [5.74, 6) is 0.121. The molecule has 1 aromatic heterocycles. The summed E-state index contributed by atoms with van der Waals surface area (Å²) < 4.78 is 4.75. The highest BCUT2D eigenvalue weighted by atomic mass is 79.9. The summed E-state index contributed by atoms with van der Waals surface area (Å²) in [6.45, 7) is 1.90. The molecule has 1 heterocycles. The third-order valence-electron chi connectivity index (χ3n) is 1.53. The number of aromatic amines is 1. The molecule has 0 aliphatic rings. The first-order valence-electron chi connectivity index (χ1n) is 4.08. The van der Waals surface area contributed by atoms with Gasteiger partial charge in [0.1, 0.15) is 0 Å². The highest BCUT2D eigenvalue weighted by Gasteiger charge is 2.14. The molecule has 0 bridgehead atoms. The fraction of sp³-hybridized carbons (Fsp3) is 0.571. The topological polar surface area (TPSA) is 79.9 Å². The summed E-state index contributed by atoms with van der Waals surface area (Å²) in [5.41, 5.74) is 0. The molecule has 0 aliphatic heterocycles. The second kappa shape index (κ2) is 4.94. The lowest BCUT2D eigenvalue weighted by Gasteiger charge is -2.04. The van der Waals surface area contributed by atoms with Crippen molar-refractivity contribution >= 4 is 27.8 Å². The van der Waals surface area contributed by atoms with Crippen molar-refractivity contribution in [2.45, 2.75) is 18.2 Å². The minimum Gasteiger partial charge on any atom is -0.466 e. The van der Waals surface area contributed by atoms with Crippen molar-refractivity contribution in [1.29, 1.82) is 0 Å². The third-order valence-corrected chi connectivity index (χ3v) is 2.60. The number of methoxy groups -OCH3 is 1. The number of rotatable bonds is 4. The van der Waals surface area contributed by atoms with E-state index in [0.29, 0.717) is 6.42 Å². The van der Waals surface area contributed by atoms with E-state index in [1.165, 1.54) is 7.11 Å². The number of halogens is 1. The van der Waals surface area contributed by atoms with Crippen LogP contribution >= 0.6 is 15.9 Å². The molecular weight excluding hydrogens is 252 g/mol. The molecule has 7 heteroatoms. The molecule has 2 N–H and O–H groups in total. The predicted molar refractivity (Wildman–Crippen MR) is 54.6 cm³/mol. The van der Waals surface area contributed by atoms with Gasteiger partial charge >= 0.3 is 6.01 Å². The highest BCUT2D eigenvalue weighted by molar-refractivity contribution is 9.10. The van der Waals surface area contributed by atoms with E-state index in [-0.39, 0.29) is 22.7 Å². The average molecular weight is 263 g/mol. The number of anilines is 1. The van der Waals surface area contributed by atoms with Gasteiger partial charge in [-0.1, -0.05) is 22.9 Å². The van der Waals surface area contributed by atoms with E-state index in [4.69, 9.17) is 4.74 Å². The maximum atomic E-state index is 11.4. The second-order valence-electron chi connectivity index (χ2n) is 2.54. The minimum absolute atomic E-state index is 0.161. The largest absolute Gasteiger partial charge is 0.466 e. The molecule has 1 atom stereocenters. The monoisotopic (exact) mass is 262 g/mol. The Bertz CT molecular complexity index is 314. The fourth-order valence-corrected chi connectivity index (χ4v) is 0.888. The van der Waals surface area contributed by atoms with Crippen LogP contribution in [0.2, 0.25) is 0 Å². The fourth-order valence-electron chi connectivity index (χ4n) is 0.774. The number of carbonyl (C=O) groups is 1. The SMILES string of the molecule is CCC(Br)C(=O)Nc1nc(OC)n[nH]1. The zero-order valence-electron chi connectivity index (χ0n) is 7.87. The van der Waals surface area contributed by atoms with E-state index in [0.717, 1.165) is 0 Å². The molecular formula is C7H11BrN4O2. The molecule has 0 saturated heterocycles. The van der Waals surface area contributed by atoms with Crippen LogP contribution in [0.1, 0.15) is 13.3 Å². The lowest BCUT2D eigenvalue weighted by Crippen LogP contribution is -2.22. The molecule has 1 amide bonds. The molecule has 78 valence electrons. The van der Waals surface area contributed by atoms with Crippen LogP contribution in [0.5, 0.6) is 6.01 Å². The first-order valence-corrected chi connectivity index (χ1v) is 5.00. The van der Waals surface area contributed by atoms with Crippen LogP contribution in [-0.4, -0.2) is 33.0 Å². The van der Waals surface area contributed by atoms with Gasteiger partial charge in [0, 0.05) is 0 Å². The number of amides is 1. The summed E-state index contributed by atoms with van der Waals surface area (Å²) in [6.07, 6.45) is 0.705. The van der Waals surface area contributed by atoms with E-state index >= 15 is 0 Å². The van der Waals surface area contributed by atoms with Gasteiger partial charge in [-0.3, -0.25) is 10.1 Å². The van der Waals surface area contributed by atoms with Crippen LogP contribution in [0.3, 0.4) is 0 Å². The standard InChI is InChI=1S/C7H11BrN4O2/c1-3-4(8)5(13)9-6-10-7(14-2)12-11-6/h4H,3H2,1-2H3,(H2,9,10,11,12,13). The van der Waals surface area contributed by atoms with Gasteiger partial charge in [0.2, 0.25) is 11.9 Å². The normalized spacial score (nSPS) is 12.2. The van der Waals surface area contributed by atoms with E-state index in [1.54, 1.807) is 0 Å². The maximum Gasteiger partial charge on any atom is 0.336 e. The molecule has 1 aromatic rings. The third kappa shape index (κ3) is 2.69. The summed E-state index contributed by atoms with van der Waals surface area (Å²) in [7, 11) is 1.45. The lowest BCUT2D eigenvalue weighted by molar-refractivity contribution is -0.115. The minimum atomic E-state index is -0.224. The number of hydrogen-bond acceptors (Lipinski definition) is 4. The van der Waals surface area contributed by atoms with E-state index < -0.39 is 0 Å². The van der Waals surface area contributed by atoms with E-state index in [2.05, 4.69) is 36.4 Å². The number of hydrogen-bond donors (Lipinski definition) is 2. The van der Waals surface area contributed by atoms with Gasteiger partial charge < -0.3 is 4.74 Å². The van der Waals surface area contributed by atoms with E-state index in [9.17, 15) is 4.79 Å².